The van der Waals surface area contributed by atoms with Crippen molar-refractivity contribution in [3.63, 3.8) is 0 Å². The van der Waals surface area contributed by atoms with Gasteiger partial charge in [0.25, 0.3) is 0 Å². The summed E-state index contributed by atoms with van der Waals surface area (Å²) < 4.78 is 11.3. The van der Waals surface area contributed by atoms with Gasteiger partial charge in [0, 0.05) is 4.47 Å². The molecule has 4 nitrogen and oxygen atoms in total. The molecule has 0 fully saturated rings. The monoisotopic (exact) mass is 321 g/mol. The SMILES string of the molecule is COC(=O)c1cccc(N)c1Oc1ccc(Br)cc1. The predicted octanol–water partition coefficient (Wildman–Crippen LogP) is 3.61. The summed E-state index contributed by atoms with van der Waals surface area (Å²) in [6.45, 7) is 0. The minimum Gasteiger partial charge on any atom is -0.465 e. The molecular formula is C14H12BrNO3. The van der Waals surface area contributed by atoms with E-state index in [2.05, 4.69) is 15.9 Å². The van der Waals surface area contributed by atoms with Crippen molar-refractivity contribution in [1.29, 1.82) is 0 Å². The molecule has 0 atom stereocenters. The van der Waals surface area contributed by atoms with Crippen molar-refractivity contribution in [2.24, 2.45) is 0 Å². The highest BCUT2D eigenvalue weighted by Gasteiger charge is 2.16. The van der Waals surface area contributed by atoms with E-state index in [0.717, 1.165) is 4.47 Å². The molecule has 19 heavy (non-hydrogen) atoms. The molecule has 2 aromatic rings. The van der Waals surface area contributed by atoms with Crippen molar-refractivity contribution < 1.29 is 14.3 Å². The lowest BCUT2D eigenvalue weighted by atomic mass is 10.1. The van der Waals surface area contributed by atoms with Gasteiger partial charge >= 0.3 is 5.97 Å². The van der Waals surface area contributed by atoms with Crippen LogP contribution in [-0.2, 0) is 4.74 Å². The van der Waals surface area contributed by atoms with Crippen LogP contribution in [0.25, 0.3) is 0 Å². The van der Waals surface area contributed by atoms with Gasteiger partial charge in [0.15, 0.2) is 5.75 Å². The molecular weight excluding hydrogens is 310 g/mol. The van der Waals surface area contributed by atoms with Gasteiger partial charge in [-0.3, -0.25) is 0 Å². The molecule has 2 aromatic carbocycles. The van der Waals surface area contributed by atoms with Crippen LogP contribution in [0.3, 0.4) is 0 Å². The summed E-state index contributed by atoms with van der Waals surface area (Å²) in [6, 6.07) is 12.2. The minimum absolute atomic E-state index is 0.297. The smallest absolute Gasteiger partial charge is 0.341 e. The molecule has 0 spiro atoms. The van der Waals surface area contributed by atoms with E-state index in [1.54, 1.807) is 30.3 Å². The minimum atomic E-state index is -0.487. The van der Waals surface area contributed by atoms with Crippen LogP contribution in [0.4, 0.5) is 5.69 Å². The second kappa shape index (κ2) is 5.75. The molecule has 0 amide bonds. The van der Waals surface area contributed by atoms with E-state index in [-0.39, 0.29) is 0 Å². The fourth-order valence-electron chi connectivity index (χ4n) is 1.56. The van der Waals surface area contributed by atoms with E-state index in [9.17, 15) is 4.79 Å². The maximum atomic E-state index is 11.7. The lowest BCUT2D eigenvalue weighted by molar-refractivity contribution is 0.0598. The summed E-state index contributed by atoms with van der Waals surface area (Å²) in [4.78, 5) is 11.7. The van der Waals surface area contributed by atoms with Crippen LogP contribution in [0.2, 0.25) is 0 Å². The zero-order chi connectivity index (χ0) is 13.8. The van der Waals surface area contributed by atoms with Gasteiger partial charge in [0.05, 0.1) is 12.8 Å². The molecule has 0 aromatic heterocycles. The molecule has 0 saturated heterocycles. The Labute approximate surface area is 119 Å². The molecule has 0 unspecified atom stereocenters. The number of methoxy groups -OCH3 is 1. The number of nitrogen functional groups attached to an aromatic ring is 1. The number of hydrogen-bond donors (Lipinski definition) is 1. The molecule has 0 bridgehead atoms. The number of anilines is 1. The number of halogens is 1. The summed E-state index contributed by atoms with van der Waals surface area (Å²) in [5.41, 5.74) is 6.53. The van der Waals surface area contributed by atoms with Crippen molar-refractivity contribution in [2.45, 2.75) is 0 Å². The van der Waals surface area contributed by atoms with Crippen LogP contribution in [0.1, 0.15) is 10.4 Å². The Morgan fingerprint density at radius 2 is 1.84 bits per heavy atom. The van der Waals surface area contributed by atoms with Gasteiger partial charge in [-0.25, -0.2) is 4.79 Å². The van der Waals surface area contributed by atoms with Gasteiger partial charge in [-0.05, 0) is 36.4 Å². The Hall–Kier alpha value is -2.01. The van der Waals surface area contributed by atoms with Crippen LogP contribution in [0, 0.1) is 0 Å². The molecule has 0 aliphatic rings. The highest BCUT2D eigenvalue weighted by molar-refractivity contribution is 9.10. The van der Waals surface area contributed by atoms with Crippen molar-refractivity contribution in [3.8, 4) is 11.5 Å². The van der Waals surface area contributed by atoms with E-state index in [1.807, 2.05) is 12.1 Å². The van der Waals surface area contributed by atoms with Crippen LogP contribution in [0.5, 0.6) is 11.5 Å². The molecule has 0 heterocycles. The van der Waals surface area contributed by atoms with Crippen LogP contribution in [-0.4, -0.2) is 13.1 Å². The van der Waals surface area contributed by atoms with E-state index >= 15 is 0 Å². The maximum Gasteiger partial charge on any atom is 0.341 e. The molecule has 0 aliphatic carbocycles. The van der Waals surface area contributed by atoms with Crippen molar-refractivity contribution >= 4 is 27.6 Å². The third-order valence-corrected chi connectivity index (χ3v) is 3.01. The first kappa shape index (κ1) is 13.4. The van der Waals surface area contributed by atoms with E-state index in [0.29, 0.717) is 22.7 Å². The zero-order valence-electron chi connectivity index (χ0n) is 10.2. The van der Waals surface area contributed by atoms with Crippen molar-refractivity contribution in [2.75, 3.05) is 12.8 Å². The highest BCUT2D eigenvalue weighted by atomic mass is 79.9. The average molecular weight is 322 g/mol. The number of hydrogen-bond acceptors (Lipinski definition) is 4. The number of benzene rings is 2. The fourth-order valence-corrected chi connectivity index (χ4v) is 1.82. The van der Waals surface area contributed by atoms with Crippen LogP contribution >= 0.6 is 15.9 Å². The van der Waals surface area contributed by atoms with Crippen molar-refractivity contribution in [3.05, 3.63) is 52.5 Å². The Bertz CT molecular complexity index is 596. The third kappa shape index (κ3) is 3.06. The Morgan fingerprint density at radius 3 is 2.47 bits per heavy atom. The number of ether oxygens (including phenoxy) is 2. The normalized spacial score (nSPS) is 10.0. The molecule has 0 aliphatic heterocycles. The second-order valence-corrected chi connectivity index (χ2v) is 4.69. The van der Waals surface area contributed by atoms with Gasteiger partial charge in [-0.1, -0.05) is 22.0 Å². The van der Waals surface area contributed by atoms with Crippen molar-refractivity contribution in [1.82, 2.24) is 0 Å². The molecule has 98 valence electrons. The number of carbonyl (C=O) groups excluding carboxylic acids is 1. The number of para-hydroxylation sites is 1. The molecule has 0 radical (unpaired) electrons. The topological polar surface area (TPSA) is 61.5 Å². The zero-order valence-corrected chi connectivity index (χ0v) is 11.8. The standard InChI is InChI=1S/C14H12BrNO3/c1-18-14(17)11-3-2-4-12(16)13(11)19-10-7-5-9(15)6-8-10/h2-8H,16H2,1H3. The quantitative estimate of drug-likeness (QED) is 0.693. The summed E-state index contributed by atoms with van der Waals surface area (Å²) >= 11 is 3.34. The number of nitrogens with two attached hydrogens (primary N) is 1. The molecule has 2 rings (SSSR count). The van der Waals surface area contributed by atoms with Gasteiger partial charge in [-0.2, -0.15) is 0 Å². The Morgan fingerprint density at radius 1 is 1.16 bits per heavy atom. The predicted molar refractivity (Wildman–Crippen MR) is 76.4 cm³/mol. The number of rotatable bonds is 3. The first-order chi connectivity index (χ1) is 9.11. The lowest BCUT2D eigenvalue weighted by Gasteiger charge is -2.12. The second-order valence-electron chi connectivity index (χ2n) is 3.77. The maximum absolute atomic E-state index is 11.7. The average Bonchev–Trinajstić information content (AvgIpc) is 2.42. The van der Waals surface area contributed by atoms with Crippen LogP contribution < -0.4 is 10.5 Å². The Balaban J connectivity index is 2.38. The largest absolute Gasteiger partial charge is 0.465 e. The number of carbonyl (C=O) groups is 1. The van der Waals surface area contributed by atoms with Crippen LogP contribution in [0.15, 0.2) is 46.9 Å². The summed E-state index contributed by atoms with van der Waals surface area (Å²) in [5, 5.41) is 0. The van der Waals surface area contributed by atoms with Gasteiger partial charge in [0.1, 0.15) is 11.3 Å². The summed E-state index contributed by atoms with van der Waals surface area (Å²) in [6.07, 6.45) is 0. The molecule has 5 heteroatoms. The van der Waals surface area contributed by atoms with Gasteiger partial charge in [-0.15, -0.1) is 0 Å². The summed E-state index contributed by atoms with van der Waals surface area (Å²) in [5.74, 6) is 0.405. The summed E-state index contributed by atoms with van der Waals surface area (Å²) in [7, 11) is 1.31. The van der Waals surface area contributed by atoms with Gasteiger partial charge in [0.2, 0.25) is 0 Å². The Kier molecular flexibility index (Phi) is 4.06. The first-order valence-electron chi connectivity index (χ1n) is 5.52. The highest BCUT2D eigenvalue weighted by Crippen LogP contribution is 2.32. The van der Waals surface area contributed by atoms with Gasteiger partial charge < -0.3 is 15.2 Å². The fraction of sp³-hybridized carbons (Fsp3) is 0.0714. The first-order valence-corrected chi connectivity index (χ1v) is 6.31. The third-order valence-electron chi connectivity index (χ3n) is 2.48. The lowest BCUT2D eigenvalue weighted by Crippen LogP contribution is -2.05. The molecule has 0 saturated carbocycles. The van der Waals surface area contributed by atoms with E-state index in [1.165, 1.54) is 7.11 Å². The van der Waals surface area contributed by atoms with E-state index < -0.39 is 5.97 Å². The molecule has 2 N–H and O–H groups in total. The number of esters is 1. The van der Waals surface area contributed by atoms with E-state index in [4.69, 9.17) is 15.2 Å².